The summed E-state index contributed by atoms with van der Waals surface area (Å²) in [6, 6.07) is 39.7. The molecule has 0 spiro atoms. The molecule has 13 rings (SSSR count). The fourth-order valence-electron chi connectivity index (χ4n) is 8.13. The van der Waals surface area contributed by atoms with Gasteiger partial charge in [0, 0.05) is 98.9 Å². The molecule has 0 aromatic carbocycles. The van der Waals surface area contributed by atoms with Crippen molar-refractivity contribution < 1.29 is 18.8 Å². The number of ether oxygens (including phenoxy) is 1. The van der Waals surface area contributed by atoms with E-state index in [1.807, 2.05) is 94.4 Å². The molecule has 514 valence electrons. The number of nitrogens with one attached hydrogen (secondary N) is 2. The first kappa shape index (κ1) is 79.3. The normalized spacial score (nSPS) is 12.1. The fraction of sp³-hybridized carbons (Fsp3) is 0.121. The maximum atomic E-state index is 11.3. The highest BCUT2D eigenvalue weighted by molar-refractivity contribution is 14.1. The number of amides is 1. The Bertz CT molecular complexity index is 4370. The zero-order chi connectivity index (χ0) is 72.5. The molecule has 1 aliphatic heterocycles. The number of hydrogen-bond acceptors (Lipinski definition) is 20. The molecular formula is C66H57BCl9IN18O4S. The van der Waals surface area contributed by atoms with Crippen molar-refractivity contribution in [1.29, 1.82) is 0 Å². The van der Waals surface area contributed by atoms with Crippen molar-refractivity contribution in [3.8, 4) is 44.5 Å². The van der Waals surface area contributed by atoms with Crippen LogP contribution >= 0.6 is 139 Å². The number of alkyl carbamates (subject to hydrolysis) is 1. The number of fused-ring (bicyclic) bond motifs is 1. The SMILES string of the molecule is CC1(C)OB(c2cccnc2)OC1(C)C.CCOC(=O)NC(=S)Nc1cc(-c2cccnc2)cc(Cl)n1.Clc1cc(-c2cccnc2)cc(Cl)n1.Clc1cc(I)cc(Cl)n1.Nc1cc(-c2cccnc2)cc(Cl)n1.Nc1cc(Cl)nc(Cl)c1.Nc1nc2cc(-c3cccnc3)cc(Cl)n2n1. The van der Waals surface area contributed by atoms with Gasteiger partial charge in [-0.25, -0.2) is 34.2 Å². The van der Waals surface area contributed by atoms with Crippen LogP contribution < -0.4 is 33.3 Å². The van der Waals surface area contributed by atoms with E-state index in [1.54, 1.807) is 123 Å². The maximum Gasteiger partial charge on any atom is 0.496 e. The highest BCUT2D eigenvalue weighted by Gasteiger charge is 2.51. The van der Waals surface area contributed by atoms with E-state index in [4.69, 9.17) is 148 Å². The van der Waals surface area contributed by atoms with Crippen molar-refractivity contribution in [2.45, 2.75) is 45.8 Å². The predicted octanol–water partition coefficient (Wildman–Crippen LogP) is 17.4. The van der Waals surface area contributed by atoms with Crippen LogP contribution in [0.3, 0.4) is 0 Å². The molecule has 0 bridgehead atoms. The van der Waals surface area contributed by atoms with Crippen LogP contribution in [-0.4, -0.2) is 101 Å². The molecule has 13 heterocycles. The average Bonchev–Trinajstić information content (AvgIpc) is 1.63. The van der Waals surface area contributed by atoms with Crippen molar-refractivity contribution in [2.24, 2.45) is 0 Å². The first-order valence-electron chi connectivity index (χ1n) is 29.1. The van der Waals surface area contributed by atoms with Crippen LogP contribution in [0.1, 0.15) is 34.6 Å². The third-order valence-corrected chi connectivity index (χ3v) is 15.9. The van der Waals surface area contributed by atoms with E-state index in [-0.39, 0.29) is 36.0 Å². The van der Waals surface area contributed by atoms with Crippen molar-refractivity contribution in [3.05, 3.63) is 245 Å². The van der Waals surface area contributed by atoms with Gasteiger partial charge in [0.1, 0.15) is 58.0 Å². The van der Waals surface area contributed by atoms with Crippen LogP contribution in [0.2, 0.25) is 46.4 Å². The van der Waals surface area contributed by atoms with Gasteiger partial charge >= 0.3 is 13.2 Å². The summed E-state index contributed by atoms with van der Waals surface area (Å²) < 4.78 is 19.0. The van der Waals surface area contributed by atoms with E-state index >= 15 is 0 Å². The zero-order valence-electron chi connectivity index (χ0n) is 53.1. The van der Waals surface area contributed by atoms with E-state index in [0.29, 0.717) is 69.3 Å². The van der Waals surface area contributed by atoms with Gasteiger partial charge in [-0.3, -0.25) is 30.2 Å². The quantitative estimate of drug-likeness (QED) is 0.0428. The fourth-order valence-corrected chi connectivity index (χ4v) is 11.3. The van der Waals surface area contributed by atoms with Gasteiger partial charge in [0.2, 0.25) is 5.95 Å². The number of nitrogen functional groups attached to an aromatic ring is 3. The number of carbonyl (C=O) groups is 1. The van der Waals surface area contributed by atoms with E-state index in [1.165, 1.54) is 16.6 Å². The second-order valence-corrected chi connectivity index (χ2v) is 26.2. The van der Waals surface area contributed by atoms with E-state index in [2.05, 4.69) is 93.1 Å². The third-order valence-electron chi connectivity index (χ3n) is 13.2. The van der Waals surface area contributed by atoms with Gasteiger partial charge in [0.15, 0.2) is 10.8 Å². The Morgan fingerprint density at radius 3 is 1.33 bits per heavy atom. The highest BCUT2D eigenvalue weighted by atomic mass is 127. The molecule has 12 aromatic rings. The molecule has 1 fully saturated rings. The number of pyridine rings is 11. The Labute approximate surface area is 639 Å². The van der Waals surface area contributed by atoms with Crippen LogP contribution in [0.5, 0.6) is 0 Å². The summed E-state index contributed by atoms with van der Waals surface area (Å²) in [5.41, 5.74) is 25.4. The summed E-state index contributed by atoms with van der Waals surface area (Å²) in [5, 5.41) is 12.6. The van der Waals surface area contributed by atoms with Gasteiger partial charge < -0.3 is 36.6 Å². The molecule has 34 heteroatoms. The molecule has 1 saturated heterocycles. The lowest BCUT2D eigenvalue weighted by Gasteiger charge is -2.32. The summed E-state index contributed by atoms with van der Waals surface area (Å²) in [6.07, 6.45) is 16.7. The lowest BCUT2D eigenvalue weighted by Crippen LogP contribution is -2.41. The van der Waals surface area contributed by atoms with Crippen LogP contribution in [0.4, 0.5) is 28.1 Å². The number of carbonyl (C=O) groups excluding carboxylic acids is 1. The molecular weight excluding hydrogens is 1600 g/mol. The molecule has 1 amide bonds. The molecule has 22 nitrogen and oxygen atoms in total. The topological polar surface area (TPSA) is 306 Å². The van der Waals surface area contributed by atoms with E-state index < -0.39 is 6.09 Å². The van der Waals surface area contributed by atoms with Crippen LogP contribution in [0, 0.1) is 3.57 Å². The maximum absolute atomic E-state index is 11.3. The minimum Gasteiger partial charge on any atom is -0.450 e. The third kappa shape index (κ3) is 25.9. The van der Waals surface area contributed by atoms with Gasteiger partial charge in [-0.2, -0.15) is 4.98 Å². The molecule has 8 N–H and O–H groups in total. The Morgan fingerprint density at radius 2 is 0.920 bits per heavy atom. The summed E-state index contributed by atoms with van der Waals surface area (Å²) in [5.74, 6) is 1.03. The zero-order valence-corrected chi connectivity index (χ0v) is 62.9. The minimum absolute atomic E-state index is 0.0744. The Kier molecular flexibility index (Phi) is 30.7. The molecule has 100 heavy (non-hydrogen) atoms. The second-order valence-electron chi connectivity index (χ2n) is 21.1. The van der Waals surface area contributed by atoms with Crippen molar-refractivity contribution in [2.75, 3.05) is 29.1 Å². The standard InChI is InChI=1S/C14H13ClN4O2S.C11H16BNO2.C11H8ClN5.C10H6Cl2N2.C10H8ClN3.C5H2Cl2IN.C5H4Cl2N2/c1-2-21-14(20)19-13(22)18-12-7-10(6-11(15)17-12)9-4-3-5-16-8-9;1-10(2)11(3,4)15-12(14-10)9-6-5-7-13-8-9;12-9-4-8(7-2-1-3-14-6-7)5-10-15-11(13)16-17(9)10;2*11-9-4-8(5-10(12)14-9)7-2-1-3-13-6-7;2*6-4-1-3(8)2-5(7)9-4/h3-8H,2H2,1H3,(H2,17,18,19,20,22);5-8H,1-4H3;1-6H,(H2,13,16);1-6H;1-6H,(H2,12,14);1-2H;1-2H,(H2,8,9). The Balaban J connectivity index is 0.000000167. The number of aromatic nitrogens is 13. The summed E-state index contributed by atoms with van der Waals surface area (Å²) in [7, 11) is -0.302. The molecule has 0 atom stereocenters. The summed E-state index contributed by atoms with van der Waals surface area (Å²) in [6.45, 7) is 10.1. The summed E-state index contributed by atoms with van der Waals surface area (Å²) in [4.78, 5) is 54.9. The molecule has 0 unspecified atom stereocenters. The number of nitrogens with zero attached hydrogens (tertiary/aromatic N) is 13. The highest BCUT2D eigenvalue weighted by Crippen LogP contribution is 2.37. The molecule has 0 radical (unpaired) electrons. The van der Waals surface area contributed by atoms with Gasteiger partial charge in [0.05, 0.1) is 17.8 Å². The first-order valence-corrected chi connectivity index (χ1v) is 34.0. The van der Waals surface area contributed by atoms with Crippen LogP contribution in [0.25, 0.3) is 50.2 Å². The Hall–Kier alpha value is -8.00. The molecule has 0 aliphatic carbocycles. The van der Waals surface area contributed by atoms with Crippen molar-refractivity contribution in [3.63, 3.8) is 0 Å². The van der Waals surface area contributed by atoms with Crippen LogP contribution in [0.15, 0.2) is 195 Å². The number of hydrogen-bond donors (Lipinski definition) is 5. The molecule has 12 aromatic heterocycles. The lowest BCUT2D eigenvalue weighted by molar-refractivity contribution is 0.00578. The van der Waals surface area contributed by atoms with Gasteiger partial charge in [-0.15, -0.1) is 5.10 Å². The number of nitrogens with two attached hydrogens (primary N) is 3. The molecule has 1 aliphatic rings. The first-order chi connectivity index (χ1) is 47.6. The van der Waals surface area contributed by atoms with E-state index in [9.17, 15) is 4.79 Å². The van der Waals surface area contributed by atoms with Crippen molar-refractivity contribution >= 4 is 192 Å². The van der Waals surface area contributed by atoms with Gasteiger partial charge in [-0.1, -0.05) is 135 Å². The average molecular weight is 1660 g/mol. The summed E-state index contributed by atoms with van der Waals surface area (Å²) >= 11 is 58.7. The Morgan fingerprint density at radius 1 is 0.520 bits per heavy atom. The van der Waals surface area contributed by atoms with Crippen LogP contribution in [-0.2, 0) is 14.0 Å². The largest absolute Gasteiger partial charge is 0.496 e. The van der Waals surface area contributed by atoms with Gasteiger partial charge in [0.25, 0.3) is 0 Å². The second kappa shape index (κ2) is 38.7. The molecule has 0 saturated carbocycles. The monoisotopic (exact) mass is 1650 g/mol. The lowest BCUT2D eigenvalue weighted by atomic mass is 9.80. The predicted molar refractivity (Wildman–Crippen MR) is 414 cm³/mol. The van der Waals surface area contributed by atoms with E-state index in [0.717, 1.165) is 53.5 Å². The number of rotatable bonds is 7. The van der Waals surface area contributed by atoms with Gasteiger partial charge in [-0.05, 0) is 195 Å². The number of thiocarbonyl (C=S) groups is 1. The number of anilines is 4. The smallest absolute Gasteiger partial charge is 0.450 e. The minimum atomic E-state index is -0.630. The number of halogens is 10. The van der Waals surface area contributed by atoms with Crippen molar-refractivity contribution in [1.82, 2.24) is 69.8 Å².